The molecule has 0 unspecified atom stereocenters. The Hall–Kier alpha value is -3.22. The fourth-order valence-electron chi connectivity index (χ4n) is 3.35. The standard InChI is InChI=1S/C21H26N6O/c1-13-7-14(2)21(15(3)8-13)24-20(28)12-26(6)18-10-22-11-19(23-18)27-17(5)9-16(4)25-27/h7-11H,12H2,1-6H3,(H,24,28). The van der Waals surface area contributed by atoms with E-state index in [1.165, 1.54) is 5.56 Å². The van der Waals surface area contributed by atoms with Gasteiger partial charge in [-0.05, 0) is 51.8 Å². The van der Waals surface area contributed by atoms with Crippen molar-refractivity contribution in [2.45, 2.75) is 34.6 Å². The van der Waals surface area contributed by atoms with Crippen LogP contribution < -0.4 is 10.2 Å². The van der Waals surface area contributed by atoms with E-state index in [4.69, 9.17) is 0 Å². The summed E-state index contributed by atoms with van der Waals surface area (Å²) in [6.07, 6.45) is 3.31. The van der Waals surface area contributed by atoms with Crippen molar-refractivity contribution in [2.75, 3.05) is 23.8 Å². The summed E-state index contributed by atoms with van der Waals surface area (Å²) < 4.78 is 1.75. The van der Waals surface area contributed by atoms with Gasteiger partial charge in [0.05, 0.1) is 24.6 Å². The number of hydrogen-bond donors (Lipinski definition) is 1. The van der Waals surface area contributed by atoms with Crippen LogP contribution >= 0.6 is 0 Å². The Morgan fingerprint density at radius 3 is 2.36 bits per heavy atom. The molecule has 1 aromatic carbocycles. The largest absolute Gasteiger partial charge is 0.349 e. The lowest BCUT2D eigenvalue weighted by Gasteiger charge is -2.19. The van der Waals surface area contributed by atoms with Gasteiger partial charge in [0.25, 0.3) is 0 Å². The van der Waals surface area contributed by atoms with Crippen LogP contribution in [0.3, 0.4) is 0 Å². The minimum Gasteiger partial charge on any atom is -0.349 e. The number of hydrogen-bond acceptors (Lipinski definition) is 5. The van der Waals surface area contributed by atoms with Crippen molar-refractivity contribution in [3.05, 3.63) is 58.7 Å². The van der Waals surface area contributed by atoms with Crippen molar-refractivity contribution >= 4 is 17.4 Å². The number of rotatable bonds is 5. The second-order valence-corrected chi connectivity index (χ2v) is 7.25. The maximum absolute atomic E-state index is 12.6. The lowest BCUT2D eigenvalue weighted by Crippen LogP contribution is -2.31. The van der Waals surface area contributed by atoms with Crippen LogP contribution in [-0.2, 0) is 4.79 Å². The summed E-state index contributed by atoms with van der Waals surface area (Å²) in [4.78, 5) is 23.2. The molecule has 0 radical (unpaired) electrons. The topological polar surface area (TPSA) is 75.9 Å². The minimum atomic E-state index is -0.101. The van der Waals surface area contributed by atoms with Crippen molar-refractivity contribution in [1.29, 1.82) is 0 Å². The number of carbonyl (C=O) groups excluding carboxylic acids is 1. The molecule has 1 N–H and O–H groups in total. The van der Waals surface area contributed by atoms with Crippen LogP contribution in [0.4, 0.5) is 11.5 Å². The fraction of sp³-hybridized carbons (Fsp3) is 0.333. The zero-order valence-electron chi connectivity index (χ0n) is 17.2. The highest BCUT2D eigenvalue weighted by Gasteiger charge is 2.14. The van der Waals surface area contributed by atoms with E-state index in [0.717, 1.165) is 28.2 Å². The molecule has 146 valence electrons. The predicted molar refractivity (Wildman–Crippen MR) is 111 cm³/mol. The number of nitrogens with one attached hydrogen (secondary N) is 1. The molecule has 3 aromatic rings. The Bertz CT molecular complexity index is 1000. The molecule has 0 aliphatic heterocycles. The van der Waals surface area contributed by atoms with Gasteiger partial charge in [0, 0.05) is 18.4 Å². The lowest BCUT2D eigenvalue weighted by molar-refractivity contribution is -0.114. The molecule has 0 saturated carbocycles. The molecule has 7 heteroatoms. The molecular weight excluding hydrogens is 352 g/mol. The Morgan fingerprint density at radius 1 is 1.07 bits per heavy atom. The van der Waals surface area contributed by atoms with Gasteiger partial charge in [0.1, 0.15) is 5.82 Å². The summed E-state index contributed by atoms with van der Waals surface area (Å²) in [6.45, 7) is 10.1. The number of carbonyl (C=O) groups is 1. The summed E-state index contributed by atoms with van der Waals surface area (Å²) in [5.74, 6) is 1.13. The van der Waals surface area contributed by atoms with Crippen LogP contribution in [0.25, 0.3) is 5.82 Å². The monoisotopic (exact) mass is 378 g/mol. The number of anilines is 2. The Kier molecular flexibility index (Phi) is 5.44. The van der Waals surface area contributed by atoms with Gasteiger partial charge in [-0.1, -0.05) is 17.7 Å². The molecule has 0 aliphatic rings. The highest BCUT2D eigenvalue weighted by atomic mass is 16.2. The molecule has 0 atom stereocenters. The summed E-state index contributed by atoms with van der Waals surface area (Å²) in [5.41, 5.74) is 6.06. The van der Waals surface area contributed by atoms with Crippen LogP contribution in [-0.4, -0.2) is 39.2 Å². The number of benzene rings is 1. The van der Waals surface area contributed by atoms with Gasteiger partial charge in [-0.25, -0.2) is 9.67 Å². The van der Waals surface area contributed by atoms with Gasteiger partial charge in [-0.15, -0.1) is 0 Å². The zero-order chi connectivity index (χ0) is 20.4. The van der Waals surface area contributed by atoms with Crippen LogP contribution in [0.5, 0.6) is 0 Å². The number of nitrogens with zero attached hydrogens (tertiary/aromatic N) is 5. The first-order valence-corrected chi connectivity index (χ1v) is 9.19. The predicted octanol–water partition coefficient (Wildman–Crippen LogP) is 3.28. The van der Waals surface area contributed by atoms with E-state index in [0.29, 0.717) is 11.6 Å². The summed E-state index contributed by atoms with van der Waals surface area (Å²) in [6, 6.07) is 6.11. The molecule has 0 spiro atoms. The highest BCUT2D eigenvalue weighted by molar-refractivity contribution is 5.95. The SMILES string of the molecule is Cc1cc(C)c(NC(=O)CN(C)c2cncc(-n3nc(C)cc3C)n2)c(C)c1. The van der Waals surface area contributed by atoms with Crippen LogP contribution in [0.2, 0.25) is 0 Å². The van der Waals surface area contributed by atoms with Crippen LogP contribution in [0.15, 0.2) is 30.6 Å². The van der Waals surface area contributed by atoms with E-state index in [-0.39, 0.29) is 12.5 Å². The molecule has 7 nitrogen and oxygen atoms in total. The Morgan fingerprint density at radius 2 is 1.75 bits per heavy atom. The smallest absolute Gasteiger partial charge is 0.243 e. The van der Waals surface area contributed by atoms with Crippen molar-refractivity contribution in [1.82, 2.24) is 19.7 Å². The van der Waals surface area contributed by atoms with Crippen molar-refractivity contribution in [2.24, 2.45) is 0 Å². The number of amides is 1. The molecule has 2 heterocycles. The normalized spacial score (nSPS) is 10.8. The first kappa shape index (κ1) is 19.5. The van der Waals surface area contributed by atoms with E-state index >= 15 is 0 Å². The second-order valence-electron chi connectivity index (χ2n) is 7.25. The third-order valence-electron chi connectivity index (χ3n) is 4.55. The third kappa shape index (κ3) is 4.19. The maximum atomic E-state index is 12.6. The molecule has 0 saturated heterocycles. The fourth-order valence-corrected chi connectivity index (χ4v) is 3.35. The third-order valence-corrected chi connectivity index (χ3v) is 4.55. The van der Waals surface area contributed by atoms with Crippen molar-refractivity contribution < 1.29 is 4.79 Å². The zero-order valence-corrected chi connectivity index (χ0v) is 17.2. The summed E-state index contributed by atoms with van der Waals surface area (Å²) in [7, 11) is 1.82. The maximum Gasteiger partial charge on any atom is 0.243 e. The summed E-state index contributed by atoms with van der Waals surface area (Å²) in [5, 5.41) is 7.46. The van der Waals surface area contributed by atoms with Gasteiger partial charge in [0.15, 0.2) is 5.82 Å². The average Bonchev–Trinajstić information content (AvgIpc) is 2.96. The van der Waals surface area contributed by atoms with Crippen molar-refractivity contribution in [3.63, 3.8) is 0 Å². The number of aryl methyl sites for hydroxylation is 5. The van der Waals surface area contributed by atoms with Gasteiger partial charge in [0.2, 0.25) is 5.91 Å². The first-order valence-electron chi connectivity index (χ1n) is 9.19. The van der Waals surface area contributed by atoms with Crippen LogP contribution in [0.1, 0.15) is 28.1 Å². The van der Waals surface area contributed by atoms with Crippen LogP contribution in [0, 0.1) is 34.6 Å². The lowest BCUT2D eigenvalue weighted by atomic mass is 10.1. The van der Waals surface area contributed by atoms with Gasteiger partial charge >= 0.3 is 0 Å². The van der Waals surface area contributed by atoms with Gasteiger partial charge in [-0.3, -0.25) is 9.78 Å². The highest BCUT2D eigenvalue weighted by Crippen LogP contribution is 2.22. The average molecular weight is 378 g/mol. The Labute approximate surface area is 165 Å². The number of aromatic nitrogens is 4. The molecule has 1 amide bonds. The van der Waals surface area contributed by atoms with E-state index in [1.54, 1.807) is 22.0 Å². The molecule has 28 heavy (non-hydrogen) atoms. The quantitative estimate of drug-likeness (QED) is 0.737. The van der Waals surface area contributed by atoms with E-state index < -0.39 is 0 Å². The van der Waals surface area contributed by atoms with Gasteiger partial charge < -0.3 is 10.2 Å². The molecule has 0 aliphatic carbocycles. The minimum absolute atomic E-state index is 0.101. The number of likely N-dealkylation sites (N-methyl/N-ethyl adjacent to an activating group) is 1. The molecule has 3 rings (SSSR count). The molecule has 0 bridgehead atoms. The second kappa shape index (κ2) is 7.80. The van der Waals surface area contributed by atoms with Gasteiger partial charge in [-0.2, -0.15) is 5.10 Å². The molecular formula is C21H26N6O. The Balaban J connectivity index is 1.75. The van der Waals surface area contributed by atoms with Crippen molar-refractivity contribution in [3.8, 4) is 5.82 Å². The first-order chi connectivity index (χ1) is 13.2. The van der Waals surface area contributed by atoms with E-state index in [1.807, 2.05) is 47.7 Å². The summed E-state index contributed by atoms with van der Waals surface area (Å²) >= 11 is 0. The molecule has 2 aromatic heterocycles. The molecule has 0 fully saturated rings. The van der Waals surface area contributed by atoms with E-state index in [9.17, 15) is 4.79 Å². The van der Waals surface area contributed by atoms with E-state index in [2.05, 4.69) is 32.5 Å².